The quantitative estimate of drug-likeness (QED) is 0.913. The van der Waals surface area contributed by atoms with Gasteiger partial charge in [0.05, 0.1) is 7.11 Å². The molecule has 19 heavy (non-hydrogen) atoms. The minimum Gasteiger partial charge on any atom is -0.481 e. The predicted octanol–water partition coefficient (Wildman–Crippen LogP) is 2.53. The SMILES string of the molecule is CCN(c1cc(OC)nc(N)n1)c1ccccc1C. The van der Waals surface area contributed by atoms with Crippen molar-refractivity contribution in [2.45, 2.75) is 13.8 Å². The van der Waals surface area contributed by atoms with Gasteiger partial charge in [-0.15, -0.1) is 0 Å². The first kappa shape index (κ1) is 13.1. The summed E-state index contributed by atoms with van der Waals surface area (Å²) in [4.78, 5) is 10.4. The monoisotopic (exact) mass is 258 g/mol. The smallest absolute Gasteiger partial charge is 0.225 e. The minimum atomic E-state index is 0.210. The van der Waals surface area contributed by atoms with Crippen molar-refractivity contribution >= 4 is 17.5 Å². The molecule has 0 spiro atoms. The Kier molecular flexibility index (Phi) is 3.85. The Bertz CT molecular complexity index is 571. The number of hydrogen-bond acceptors (Lipinski definition) is 5. The molecule has 0 amide bonds. The second kappa shape index (κ2) is 5.56. The molecule has 2 aromatic rings. The number of methoxy groups -OCH3 is 1. The van der Waals surface area contributed by atoms with Crippen molar-refractivity contribution in [1.82, 2.24) is 9.97 Å². The standard InChI is InChI=1S/C14H18N4O/c1-4-18(11-8-6-5-7-10(11)2)12-9-13(19-3)17-14(15)16-12/h5-9H,4H2,1-3H3,(H2,15,16,17). The molecule has 0 aliphatic heterocycles. The summed E-state index contributed by atoms with van der Waals surface area (Å²) in [7, 11) is 1.57. The topological polar surface area (TPSA) is 64.3 Å². The van der Waals surface area contributed by atoms with Gasteiger partial charge in [0, 0.05) is 18.3 Å². The molecular weight excluding hydrogens is 240 g/mol. The molecule has 0 bridgehead atoms. The molecule has 0 saturated heterocycles. The summed E-state index contributed by atoms with van der Waals surface area (Å²) in [6.45, 7) is 4.92. The van der Waals surface area contributed by atoms with Crippen LogP contribution >= 0.6 is 0 Å². The average molecular weight is 258 g/mol. The van der Waals surface area contributed by atoms with E-state index < -0.39 is 0 Å². The van der Waals surface area contributed by atoms with Crippen molar-refractivity contribution in [3.8, 4) is 5.88 Å². The van der Waals surface area contributed by atoms with Gasteiger partial charge in [0.25, 0.3) is 0 Å². The van der Waals surface area contributed by atoms with Gasteiger partial charge in [-0.3, -0.25) is 0 Å². The largest absolute Gasteiger partial charge is 0.481 e. The summed E-state index contributed by atoms with van der Waals surface area (Å²) in [5.41, 5.74) is 8.00. The second-order valence-electron chi connectivity index (χ2n) is 4.16. The normalized spacial score (nSPS) is 10.3. The first-order valence-corrected chi connectivity index (χ1v) is 6.17. The molecular formula is C14H18N4O. The van der Waals surface area contributed by atoms with Crippen LogP contribution in [0.1, 0.15) is 12.5 Å². The molecule has 0 aliphatic carbocycles. The van der Waals surface area contributed by atoms with E-state index in [1.54, 1.807) is 13.2 Å². The van der Waals surface area contributed by atoms with E-state index in [2.05, 4.69) is 40.8 Å². The number of nitrogen functional groups attached to an aromatic ring is 1. The van der Waals surface area contributed by atoms with Crippen molar-refractivity contribution < 1.29 is 4.74 Å². The van der Waals surface area contributed by atoms with E-state index in [1.165, 1.54) is 5.56 Å². The molecule has 5 heteroatoms. The van der Waals surface area contributed by atoms with Crippen LogP contribution in [0, 0.1) is 6.92 Å². The van der Waals surface area contributed by atoms with Gasteiger partial charge in [-0.1, -0.05) is 18.2 Å². The second-order valence-corrected chi connectivity index (χ2v) is 4.16. The Morgan fingerprint density at radius 2 is 2.00 bits per heavy atom. The van der Waals surface area contributed by atoms with Crippen LogP contribution in [-0.2, 0) is 0 Å². The summed E-state index contributed by atoms with van der Waals surface area (Å²) in [5, 5.41) is 0. The summed E-state index contributed by atoms with van der Waals surface area (Å²) in [6.07, 6.45) is 0. The number of hydrogen-bond donors (Lipinski definition) is 1. The number of rotatable bonds is 4. The number of nitrogens with zero attached hydrogens (tertiary/aromatic N) is 3. The van der Waals surface area contributed by atoms with E-state index in [9.17, 15) is 0 Å². The highest BCUT2D eigenvalue weighted by atomic mass is 16.5. The van der Waals surface area contributed by atoms with Crippen LogP contribution < -0.4 is 15.4 Å². The molecule has 0 saturated carbocycles. The van der Waals surface area contributed by atoms with Crippen molar-refractivity contribution in [3.63, 3.8) is 0 Å². The van der Waals surface area contributed by atoms with E-state index in [0.29, 0.717) is 5.88 Å². The Balaban J connectivity index is 2.48. The van der Waals surface area contributed by atoms with Crippen molar-refractivity contribution in [2.75, 3.05) is 24.3 Å². The van der Waals surface area contributed by atoms with Crippen LogP contribution in [0.2, 0.25) is 0 Å². The minimum absolute atomic E-state index is 0.210. The Labute approximate surface area is 113 Å². The molecule has 2 rings (SSSR count). The average Bonchev–Trinajstić information content (AvgIpc) is 2.41. The fourth-order valence-corrected chi connectivity index (χ4v) is 2.00. The highest BCUT2D eigenvalue weighted by molar-refractivity contribution is 5.64. The van der Waals surface area contributed by atoms with Gasteiger partial charge in [-0.2, -0.15) is 9.97 Å². The van der Waals surface area contributed by atoms with E-state index in [4.69, 9.17) is 10.5 Å². The first-order valence-electron chi connectivity index (χ1n) is 6.17. The van der Waals surface area contributed by atoms with Crippen LogP contribution in [0.25, 0.3) is 0 Å². The van der Waals surface area contributed by atoms with E-state index in [1.807, 2.05) is 12.1 Å². The highest BCUT2D eigenvalue weighted by Gasteiger charge is 2.13. The molecule has 0 atom stereocenters. The number of nitrogens with two attached hydrogens (primary N) is 1. The fraction of sp³-hybridized carbons (Fsp3) is 0.286. The van der Waals surface area contributed by atoms with E-state index >= 15 is 0 Å². The maximum atomic E-state index is 5.71. The van der Waals surface area contributed by atoms with Gasteiger partial charge in [0.1, 0.15) is 5.82 Å². The van der Waals surface area contributed by atoms with Gasteiger partial charge in [-0.25, -0.2) is 0 Å². The predicted molar refractivity (Wildman–Crippen MR) is 76.9 cm³/mol. The number of aromatic nitrogens is 2. The van der Waals surface area contributed by atoms with Crippen LogP contribution in [0.5, 0.6) is 5.88 Å². The molecule has 1 aromatic heterocycles. The summed E-state index contributed by atoms with van der Waals surface area (Å²) >= 11 is 0. The number of para-hydroxylation sites is 1. The lowest BCUT2D eigenvalue weighted by Gasteiger charge is -2.24. The van der Waals surface area contributed by atoms with Gasteiger partial charge in [-0.05, 0) is 25.5 Å². The molecule has 100 valence electrons. The third-order valence-corrected chi connectivity index (χ3v) is 2.91. The summed E-state index contributed by atoms with van der Waals surface area (Å²) < 4.78 is 5.14. The zero-order valence-corrected chi connectivity index (χ0v) is 11.4. The van der Waals surface area contributed by atoms with Gasteiger partial charge in [0.2, 0.25) is 11.8 Å². The molecule has 1 heterocycles. The summed E-state index contributed by atoms with van der Waals surface area (Å²) in [5.74, 6) is 1.41. The van der Waals surface area contributed by atoms with Crippen LogP contribution in [-0.4, -0.2) is 23.6 Å². The fourth-order valence-electron chi connectivity index (χ4n) is 2.00. The Hall–Kier alpha value is -2.30. The van der Waals surface area contributed by atoms with Gasteiger partial charge < -0.3 is 15.4 Å². The lowest BCUT2D eigenvalue weighted by Crippen LogP contribution is -2.19. The van der Waals surface area contributed by atoms with Crippen molar-refractivity contribution in [2.24, 2.45) is 0 Å². The van der Waals surface area contributed by atoms with Crippen LogP contribution in [0.3, 0.4) is 0 Å². The third-order valence-electron chi connectivity index (χ3n) is 2.91. The molecule has 5 nitrogen and oxygen atoms in total. The third kappa shape index (κ3) is 2.76. The number of benzene rings is 1. The maximum Gasteiger partial charge on any atom is 0.225 e. The Morgan fingerprint density at radius 1 is 1.26 bits per heavy atom. The zero-order chi connectivity index (χ0) is 13.8. The van der Waals surface area contributed by atoms with E-state index in [0.717, 1.165) is 18.1 Å². The molecule has 0 fully saturated rings. The van der Waals surface area contributed by atoms with Crippen molar-refractivity contribution in [1.29, 1.82) is 0 Å². The maximum absolute atomic E-state index is 5.71. The zero-order valence-electron chi connectivity index (χ0n) is 11.4. The number of aryl methyl sites for hydroxylation is 1. The molecule has 1 aromatic carbocycles. The first-order chi connectivity index (χ1) is 9.15. The lowest BCUT2D eigenvalue weighted by molar-refractivity contribution is 0.398. The Morgan fingerprint density at radius 3 is 2.63 bits per heavy atom. The number of ether oxygens (including phenoxy) is 1. The lowest BCUT2D eigenvalue weighted by atomic mass is 10.2. The summed E-state index contributed by atoms with van der Waals surface area (Å²) in [6, 6.07) is 9.93. The number of anilines is 3. The molecule has 0 unspecified atom stereocenters. The molecule has 0 radical (unpaired) electrons. The van der Waals surface area contributed by atoms with Gasteiger partial charge >= 0.3 is 0 Å². The van der Waals surface area contributed by atoms with E-state index in [-0.39, 0.29) is 5.95 Å². The van der Waals surface area contributed by atoms with Crippen LogP contribution in [0.15, 0.2) is 30.3 Å². The molecule has 2 N–H and O–H groups in total. The molecule has 0 aliphatic rings. The van der Waals surface area contributed by atoms with Crippen LogP contribution in [0.4, 0.5) is 17.5 Å². The van der Waals surface area contributed by atoms with Crippen molar-refractivity contribution in [3.05, 3.63) is 35.9 Å². The van der Waals surface area contributed by atoms with Gasteiger partial charge in [0.15, 0.2) is 0 Å². The highest BCUT2D eigenvalue weighted by Crippen LogP contribution is 2.28.